The van der Waals surface area contributed by atoms with Crippen molar-refractivity contribution in [3.8, 4) is 5.75 Å². The van der Waals surface area contributed by atoms with Gasteiger partial charge in [0.05, 0.1) is 8.99 Å². The lowest BCUT2D eigenvalue weighted by molar-refractivity contribution is -0.322. The van der Waals surface area contributed by atoms with E-state index in [0.29, 0.717) is 6.07 Å². The van der Waals surface area contributed by atoms with Crippen LogP contribution < -0.4 is 9.84 Å². The fourth-order valence-electron chi connectivity index (χ4n) is 2.06. The number of hydrogen-bond acceptors (Lipinski definition) is 6. The molecule has 0 spiro atoms. The number of benzene rings is 1. The maximum absolute atomic E-state index is 14.3. The van der Waals surface area contributed by atoms with Crippen molar-refractivity contribution in [3.63, 3.8) is 0 Å². The van der Waals surface area contributed by atoms with Crippen molar-refractivity contribution in [3.05, 3.63) is 24.8 Å². The average Bonchev–Trinajstić information content (AvgIpc) is 2.68. The Morgan fingerprint density at radius 2 is 1.43 bits per heavy atom. The van der Waals surface area contributed by atoms with E-state index in [0.717, 1.165) is 6.07 Å². The third-order valence-corrected chi connectivity index (χ3v) is 6.46. The third-order valence-electron chi connectivity index (χ3n) is 4.05. The Bertz CT molecular complexity index is 1170. The van der Waals surface area contributed by atoms with Gasteiger partial charge in [-0.2, -0.15) is 52.3 Å². The molecule has 0 saturated heterocycles. The summed E-state index contributed by atoms with van der Waals surface area (Å²) in [5, 5.41) is 12.1. The number of ether oxygens (including phenoxy) is 2. The first kappa shape index (κ1) is 33.8. The molecule has 212 valence electrons. The number of halogens is 11. The molecule has 0 aliphatic carbocycles. The minimum absolute atomic E-state index is 0.0293. The molecule has 1 rings (SSSR count). The molecule has 0 fully saturated rings. The van der Waals surface area contributed by atoms with Crippen LogP contribution in [0.1, 0.15) is 26.3 Å². The van der Waals surface area contributed by atoms with Gasteiger partial charge in [0.25, 0.3) is 0 Å². The summed E-state index contributed by atoms with van der Waals surface area (Å²) in [5.74, 6) is -22.2. The van der Waals surface area contributed by atoms with Gasteiger partial charge in [0.2, 0.25) is 0 Å². The molecule has 19 heteroatoms. The van der Waals surface area contributed by atoms with E-state index >= 15 is 0 Å². The van der Waals surface area contributed by atoms with Gasteiger partial charge in [-0.1, -0.05) is 0 Å². The van der Waals surface area contributed by atoms with Crippen molar-refractivity contribution in [2.45, 2.75) is 44.0 Å². The van der Waals surface area contributed by atoms with Gasteiger partial charge in [-0.15, -0.1) is 0 Å². The smallest absolute Gasteiger partial charge is 0.518 e. The summed E-state index contributed by atoms with van der Waals surface area (Å²) in [4.78, 5) is 11.6. The Balaban J connectivity index is 3.34. The van der Waals surface area contributed by atoms with Crippen molar-refractivity contribution >= 4 is 67.1 Å². The zero-order valence-electron chi connectivity index (χ0n) is 18.5. The van der Waals surface area contributed by atoms with Crippen molar-refractivity contribution in [2.75, 3.05) is 13.2 Å². The lowest BCUT2D eigenvalue weighted by Crippen LogP contribution is -2.58. The molecule has 0 heterocycles. The second-order valence-corrected chi connectivity index (χ2v) is 12.2. The molecular weight excluding hydrogens is 783 g/mol. The fourth-order valence-corrected chi connectivity index (χ4v) is 4.48. The zero-order valence-corrected chi connectivity index (χ0v) is 23.7. The molecule has 0 aliphatic heterocycles. The quantitative estimate of drug-likeness (QED) is 0.118. The largest absolute Gasteiger partial charge is 0.858 e. The number of carbonyl (C=O) groups is 1. The van der Waals surface area contributed by atoms with Gasteiger partial charge in [-0.25, -0.2) is 0 Å². The van der Waals surface area contributed by atoms with Crippen LogP contribution in [0.25, 0.3) is 0 Å². The summed E-state index contributed by atoms with van der Waals surface area (Å²) in [7, 11) is -6.39. The summed E-state index contributed by atoms with van der Waals surface area (Å²) >= 11 is 2.77. The minimum Gasteiger partial charge on any atom is -0.858 e. The topological polar surface area (TPSA) is 105 Å². The van der Waals surface area contributed by atoms with E-state index in [1.807, 2.05) is 4.40 Å². The van der Waals surface area contributed by atoms with E-state index in [1.165, 1.54) is 66.0 Å². The van der Waals surface area contributed by atoms with Crippen LogP contribution in [0.15, 0.2) is 16.5 Å². The van der Waals surface area contributed by atoms with E-state index in [-0.39, 0.29) is 7.14 Å². The predicted molar refractivity (Wildman–Crippen MR) is 124 cm³/mol. The molecule has 1 aromatic rings. The van der Waals surface area contributed by atoms with Gasteiger partial charge in [0.1, 0.15) is 5.75 Å². The molecule has 7 nitrogen and oxygen atoms in total. The molecule has 0 N–H and O–H groups in total. The van der Waals surface area contributed by atoms with Crippen LogP contribution in [-0.4, -0.2) is 56.8 Å². The van der Waals surface area contributed by atoms with Crippen LogP contribution in [0, 0.1) is 12.6 Å². The number of hydrogen-bond donors (Lipinski definition) is 0. The fraction of sp³-hybridized carbons (Fsp3) is 0.556. The first-order chi connectivity index (χ1) is 16.3. The molecule has 0 bridgehead atoms. The van der Waals surface area contributed by atoms with Crippen LogP contribution in [-0.2, 0) is 19.6 Å². The van der Waals surface area contributed by atoms with Gasteiger partial charge >= 0.3 is 39.3 Å². The van der Waals surface area contributed by atoms with E-state index in [2.05, 4.69) is 9.47 Å². The van der Waals surface area contributed by atoms with Crippen LogP contribution in [0.2, 0.25) is 0 Å². The van der Waals surface area contributed by atoms with Crippen molar-refractivity contribution < 1.29 is 67.3 Å². The summed E-state index contributed by atoms with van der Waals surface area (Å²) in [6.07, 6.45) is 0. The Morgan fingerprint density at radius 1 is 0.946 bits per heavy atom. The van der Waals surface area contributed by atoms with Crippen molar-refractivity contribution in [1.82, 2.24) is 0 Å². The van der Waals surface area contributed by atoms with Crippen LogP contribution in [0.5, 0.6) is 5.75 Å². The SMILES string of the molecule is CC(C)(C)C(=O)OCC(F)(F)C(F)(F)C(F)(F)COc1c(I)cc(I)cc1/C([O-])=N/S(=O)(=O)C(F)(F)F. The number of esters is 1. The van der Waals surface area contributed by atoms with E-state index < -0.39 is 75.1 Å². The third kappa shape index (κ3) is 7.88. The molecule has 0 saturated carbocycles. The first-order valence-electron chi connectivity index (χ1n) is 9.28. The highest BCUT2D eigenvalue weighted by Gasteiger charge is 2.72. The maximum Gasteiger partial charge on any atom is 0.518 e. The lowest BCUT2D eigenvalue weighted by atomic mass is 9.97. The second-order valence-electron chi connectivity index (χ2n) is 8.18. The average molecular weight is 798 g/mol. The number of alkyl halides is 9. The molecule has 0 amide bonds. The minimum atomic E-state index is -6.39. The molecule has 0 aromatic heterocycles. The summed E-state index contributed by atoms with van der Waals surface area (Å²) in [5.41, 5.74) is -8.59. The Hall–Kier alpha value is -1.26. The molecule has 37 heavy (non-hydrogen) atoms. The van der Waals surface area contributed by atoms with Gasteiger partial charge in [-0.3, -0.25) is 4.79 Å². The standard InChI is InChI=1S/C18H16F9I2NO6S/c1-14(2,3)13(32)36-7-16(21,22)17(23,24)15(19,20)6-35-11-9(4-8(28)5-10(11)29)12(31)30-37(33,34)18(25,26)27/h4-5H,6-7H2,1-3H3,(H,30,31)/p-1. The monoisotopic (exact) mass is 798 g/mol. The summed E-state index contributed by atoms with van der Waals surface area (Å²) in [6.45, 7) is -1.43. The second kappa shape index (κ2) is 11.1. The van der Waals surface area contributed by atoms with Crippen LogP contribution in [0.3, 0.4) is 0 Å². The molecule has 0 radical (unpaired) electrons. The molecular formula is C18H15F9I2NO6S-. The van der Waals surface area contributed by atoms with Crippen molar-refractivity contribution in [1.29, 1.82) is 0 Å². The predicted octanol–water partition coefficient (Wildman–Crippen LogP) is 4.73. The van der Waals surface area contributed by atoms with E-state index in [4.69, 9.17) is 0 Å². The number of rotatable bonds is 9. The highest BCUT2D eigenvalue weighted by Crippen LogP contribution is 2.46. The number of carbonyl (C=O) groups excluding carboxylic acids is 1. The van der Waals surface area contributed by atoms with Gasteiger partial charge in [0, 0.05) is 15.0 Å². The molecule has 1 aromatic carbocycles. The van der Waals surface area contributed by atoms with Gasteiger partial charge < -0.3 is 14.6 Å². The van der Waals surface area contributed by atoms with Gasteiger partial charge in [-0.05, 0) is 78.1 Å². The lowest BCUT2D eigenvalue weighted by Gasteiger charge is -2.33. The Morgan fingerprint density at radius 3 is 1.89 bits per heavy atom. The van der Waals surface area contributed by atoms with Crippen LogP contribution >= 0.6 is 45.2 Å². The van der Waals surface area contributed by atoms with Crippen molar-refractivity contribution in [2.24, 2.45) is 9.81 Å². The highest BCUT2D eigenvalue weighted by molar-refractivity contribution is 14.1. The first-order valence-corrected chi connectivity index (χ1v) is 12.9. The summed E-state index contributed by atoms with van der Waals surface area (Å²) in [6, 6.07) is 1.70. The Labute approximate surface area is 231 Å². The normalized spacial score (nSPS) is 14.5. The maximum atomic E-state index is 14.3. The molecule has 0 unspecified atom stereocenters. The highest BCUT2D eigenvalue weighted by atomic mass is 127. The number of sulfonamides is 1. The molecule has 0 atom stereocenters. The summed E-state index contributed by atoms with van der Waals surface area (Å²) < 4.78 is 155. The van der Waals surface area contributed by atoms with E-state index in [9.17, 15) is 57.8 Å². The van der Waals surface area contributed by atoms with E-state index in [1.54, 1.807) is 0 Å². The van der Waals surface area contributed by atoms with Gasteiger partial charge in [0.15, 0.2) is 13.2 Å². The zero-order chi connectivity index (χ0) is 29.4. The van der Waals surface area contributed by atoms with Crippen LogP contribution in [0.4, 0.5) is 39.5 Å². The molecule has 0 aliphatic rings. The Kier molecular flexibility index (Phi) is 10.1. The number of nitrogens with zero attached hydrogens (tertiary/aromatic N) is 1.